The minimum absolute atomic E-state index is 0.00781. The van der Waals surface area contributed by atoms with Gasteiger partial charge in [-0.2, -0.15) is 0 Å². The fourth-order valence-electron chi connectivity index (χ4n) is 4.39. The number of hydrogen-bond donors (Lipinski definition) is 1. The summed E-state index contributed by atoms with van der Waals surface area (Å²) in [5.41, 5.74) is -0.0266. The maximum Gasteiger partial charge on any atom is 0.292 e. The van der Waals surface area contributed by atoms with Gasteiger partial charge in [-0.05, 0) is 38.1 Å². The van der Waals surface area contributed by atoms with Crippen molar-refractivity contribution in [2.24, 2.45) is 0 Å². The van der Waals surface area contributed by atoms with E-state index in [-0.39, 0.29) is 28.4 Å². The van der Waals surface area contributed by atoms with Gasteiger partial charge in [0.1, 0.15) is 17.1 Å². The maximum absolute atomic E-state index is 15.2. The molecule has 0 spiro atoms. The number of anilines is 2. The Morgan fingerprint density at radius 2 is 1.85 bits per heavy atom. The molecule has 0 bridgehead atoms. The molecule has 34 heavy (non-hydrogen) atoms. The van der Waals surface area contributed by atoms with Crippen molar-refractivity contribution in [2.75, 3.05) is 43.4 Å². The molecule has 2 fully saturated rings. The van der Waals surface area contributed by atoms with Crippen molar-refractivity contribution in [1.82, 2.24) is 9.47 Å². The van der Waals surface area contributed by atoms with Gasteiger partial charge < -0.3 is 19.7 Å². The van der Waals surface area contributed by atoms with E-state index >= 15 is 4.39 Å². The largest absolute Gasteiger partial charge is 0.367 e. The Morgan fingerprint density at radius 1 is 1.15 bits per heavy atom. The second-order valence-electron chi connectivity index (χ2n) is 8.85. The minimum Gasteiger partial charge on any atom is -0.367 e. The van der Waals surface area contributed by atoms with Crippen LogP contribution >= 0.6 is 0 Å². The minimum atomic E-state index is -0.765. The Labute approximate surface area is 194 Å². The van der Waals surface area contributed by atoms with Gasteiger partial charge in [-0.3, -0.25) is 19.7 Å². The number of benzene rings is 2. The maximum atomic E-state index is 15.2. The molecular formula is C24H24FN5O4. The lowest BCUT2D eigenvalue weighted by molar-refractivity contribution is -0.383. The highest BCUT2D eigenvalue weighted by Gasteiger charge is 2.29. The summed E-state index contributed by atoms with van der Waals surface area (Å²) in [4.78, 5) is 41.1. The summed E-state index contributed by atoms with van der Waals surface area (Å²) in [7, 11) is 2.02. The van der Waals surface area contributed by atoms with E-state index in [1.807, 2.05) is 16.5 Å². The van der Waals surface area contributed by atoms with Gasteiger partial charge in [-0.1, -0.05) is 12.1 Å². The molecule has 0 unspecified atom stereocenters. The summed E-state index contributed by atoms with van der Waals surface area (Å²) in [6.07, 6.45) is 3.28. The van der Waals surface area contributed by atoms with Crippen molar-refractivity contribution in [3.05, 3.63) is 74.3 Å². The second kappa shape index (κ2) is 8.53. The van der Waals surface area contributed by atoms with Crippen LogP contribution in [0.15, 0.2) is 47.4 Å². The van der Waals surface area contributed by atoms with Crippen molar-refractivity contribution in [1.29, 1.82) is 0 Å². The third kappa shape index (κ3) is 4.01. The molecule has 1 saturated carbocycles. The first kappa shape index (κ1) is 22.0. The first-order valence-corrected chi connectivity index (χ1v) is 11.2. The molecule has 1 saturated heterocycles. The van der Waals surface area contributed by atoms with Crippen LogP contribution in [-0.4, -0.2) is 53.5 Å². The van der Waals surface area contributed by atoms with Gasteiger partial charge in [0.2, 0.25) is 5.43 Å². The third-order valence-electron chi connectivity index (χ3n) is 6.48. The van der Waals surface area contributed by atoms with Crippen LogP contribution in [-0.2, 0) is 0 Å². The zero-order valence-corrected chi connectivity index (χ0v) is 18.7. The van der Waals surface area contributed by atoms with Crippen LogP contribution in [0.5, 0.6) is 0 Å². The lowest BCUT2D eigenvalue weighted by Gasteiger charge is -2.34. The number of nitrogens with one attached hydrogen (secondary N) is 1. The van der Waals surface area contributed by atoms with Crippen LogP contribution in [0.1, 0.15) is 29.2 Å². The number of piperazine rings is 1. The zero-order valence-electron chi connectivity index (χ0n) is 18.7. The van der Waals surface area contributed by atoms with Crippen LogP contribution < -0.4 is 15.6 Å². The standard InChI is InChI=1S/C24H24FN5O4/c1-27-8-10-28(11-9-27)22-13-21-16(12-18(22)25)23(31)17(14-29(21)15-6-7-15)24(32)26-19-4-2-3-5-20(19)30(33)34/h2-5,12-15H,6-11H2,1H3,(H,26,32). The Kier molecular flexibility index (Phi) is 5.52. The normalized spacial score (nSPS) is 16.6. The lowest BCUT2D eigenvalue weighted by atomic mass is 10.1. The van der Waals surface area contributed by atoms with E-state index in [9.17, 15) is 19.7 Å². The van der Waals surface area contributed by atoms with Crippen molar-refractivity contribution in [3.63, 3.8) is 0 Å². The summed E-state index contributed by atoms with van der Waals surface area (Å²) in [5.74, 6) is -1.27. The van der Waals surface area contributed by atoms with E-state index in [0.29, 0.717) is 24.3 Å². The molecule has 1 amide bonds. The van der Waals surface area contributed by atoms with Crippen LogP contribution in [0.3, 0.4) is 0 Å². The van der Waals surface area contributed by atoms with E-state index in [1.54, 1.807) is 12.1 Å². The fraction of sp³-hybridized carbons (Fsp3) is 0.333. The quantitative estimate of drug-likeness (QED) is 0.458. The van der Waals surface area contributed by atoms with Gasteiger partial charge in [0.05, 0.1) is 16.1 Å². The molecule has 2 aliphatic rings. The summed E-state index contributed by atoms with van der Waals surface area (Å²) >= 11 is 0. The number of amides is 1. The average molecular weight is 465 g/mol. The fourth-order valence-corrected chi connectivity index (χ4v) is 4.39. The van der Waals surface area contributed by atoms with Gasteiger partial charge >= 0.3 is 0 Å². The van der Waals surface area contributed by atoms with Crippen molar-refractivity contribution < 1.29 is 14.1 Å². The van der Waals surface area contributed by atoms with E-state index in [2.05, 4.69) is 10.2 Å². The molecule has 2 heterocycles. The molecule has 2 aromatic carbocycles. The molecular weight excluding hydrogens is 441 g/mol. The zero-order chi connectivity index (χ0) is 24.0. The third-order valence-corrected chi connectivity index (χ3v) is 6.48. The number of likely N-dealkylation sites (N-methyl/N-ethyl adjacent to an activating group) is 1. The molecule has 1 N–H and O–H groups in total. The Morgan fingerprint density at radius 3 is 2.53 bits per heavy atom. The number of carbonyl (C=O) groups excluding carboxylic acids is 1. The van der Waals surface area contributed by atoms with Gasteiger partial charge in [-0.25, -0.2) is 4.39 Å². The number of rotatable bonds is 5. The van der Waals surface area contributed by atoms with Crippen LogP contribution in [0.25, 0.3) is 10.9 Å². The summed E-state index contributed by atoms with van der Waals surface area (Å²) in [6, 6.07) is 8.76. The van der Waals surface area contributed by atoms with Crippen molar-refractivity contribution in [3.8, 4) is 0 Å². The average Bonchev–Trinajstić information content (AvgIpc) is 3.65. The highest BCUT2D eigenvalue weighted by molar-refractivity contribution is 6.07. The Balaban J connectivity index is 1.57. The molecule has 1 aromatic heterocycles. The molecule has 5 rings (SSSR count). The SMILES string of the molecule is CN1CCN(c2cc3c(cc2F)c(=O)c(C(=O)Nc2ccccc2[N+](=O)[O-])cn3C2CC2)CC1. The molecule has 0 atom stereocenters. The summed E-state index contributed by atoms with van der Waals surface area (Å²) < 4.78 is 17.0. The topological polar surface area (TPSA) is 101 Å². The number of carbonyl (C=O) groups is 1. The molecule has 1 aliphatic heterocycles. The van der Waals surface area contributed by atoms with Crippen molar-refractivity contribution >= 4 is 33.9 Å². The Bertz CT molecular complexity index is 1360. The number of nitro groups is 1. The van der Waals surface area contributed by atoms with E-state index in [4.69, 9.17) is 0 Å². The number of pyridine rings is 1. The molecule has 3 aromatic rings. The monoisotopic (exact) mass is 465 g/mol. The summed E-state index contributed by atoms with van der Waals surface area (Å²) in [6.45, 7) is 3.00. The summed E-state index contributed by atoms with van der Waals surface area (Å²) in [5, 5.41) is 13.9. The number of nitrogens with zero attached hydrogens (tertiary/aromatic N) is 4. The highest BCUT2D eigenvalue weighted by Crippen LogP contribution is 2.38. The van der Waals surface area contributed by atoms with Crippen LogP contribution in [0.4, 0.5) is 21.5 Å². The number of fused-ring (bicyclic) bond motifs is 1. The van der Waals surface area contributed by atoms with Gasteiger partial charge in [-0.15, -0.1) is 0 Å². The van der Waals surface area contributed by atoms with E-state index in [0.717, 1.165) is 25.9 Å². The van der Waals surface area contributed by atoms with Gasteiger partial charge in [0.25, 0.3) is 11.6 Å². The van der Waals surface area contributed by atoms with Crippen molar-refractivity contribution in [2.45, 2.75) is 18.9 Å². The number of nitro benzene ring substituents is 1. The number of hydrogen-bond acceptors (Lipinski definition) is 6. The number of halogens is 1. The number of para-hydroxylation sites is 2. The first-order chi connectivity index (χ1) is 16.3. The molecule has 10 heteroatoms. The lowest BCUT2D eigenvalue weighted by Crippen LogP contribution is -2.44. The smallest absolute Gasteiger partial charge is 0.292 e. The predicted octanol–water partition coefficient (Wildman–Crippen LogP) is 3.39. The highest BCUT2D eigenvalue weighted by atomic mass is 19.1. The first-order valence-electron chi connectivity index (χ1n) is 11.2. The predicted molar refractivity (Wildman–Crippen MR) is 127 cm³/mol. The van der Waals surface area contributed by atoms with Crippen LogP contribution in [0, 0.1) is 15.9 Å². The van der Waals surface area contributed by atoms with E-state index < -0.39 is 22.1 Å². The van der Waals surface area contributed by atoms with E-state index in [1.165, 1.54) is 30.5 Å². The van der Waals surface area contributed by atoms with Crippen LogP contribution in [0.2, 0.25) is 0 Å². The molecule has 1 aliphatic carbocycles. The Hall–Kier alpha value is -3.79. The molecule has 0 radical (unpaired) electrons. The van der Waals surface area contributed by atoms with Gasteiger partial charge in [0.15, 0.2) is 0 Å². The van der Waals surface area contributed by atoms with Gasteiger partial charge in [0, 0.05) is 49.9 Å². The second-order valence-corrected chi connectivity index (χ2v) is 8.85. The molecule has 176 valence electrons. The number of aromatic nitrogens is 1. The molecule has 9 nitrogen and oxygen atoms in total.